The summed E-state index contributed by atoms with van der Waals surface area (Å²) in [6.07, 6.45) is 4.49. The van der Waals surface area contributed by atoms with Gasteiger partial charge in [-0.3, -0.25) is 4.79 Å². The van der Waals surface area contributed by atoms with Crippen molar-refractivity contribution in [3.63, 3.8) is 0 Å². The van der Waals surface area contributed by atoms with Crippen molar-refractivity contribution in [2.45, 2.75) is 45.1 Å². The Bertz CT molecular complexity index is 221. The Labute approximate surface area is 97.6 Å². The first-order valence-electron chi connectivity index (χ1n) is 6.31. The Morgan fingerprint density at radius 3 is 2.88 bits per heavy atom. The molecule has 0 spiro atoms. The summed E-state index contributed by atoms with van der Waals surface area (Å²) in [6, 6.07) is 0. The molecule has 4 N–H and O–H groups in total. The first-order valence-corrected chi connectivity index (χ1v) is 6.31. The number of nitrogens with two attached hydrogens (primary N) is 1. The van der Waals surface area contributed by atoms with Crippen LogP contribution in [-0.4, -0.2) is 30.2 Å². The highest BCUT2D eigenvalue weighted by atomic mass is 16.3. The number of amides is 1. The minimum Gasteiger partial charge on any atom is -0.393 e. The molecule has 3 unspecified atom stereocenters. The largest absolute Gasteiger partial charge is 0.393 e. The molecule has 4 nitrogen and oxygen atoms in total. The monoisotopic (exact) mass is 228 g/mol. The average molecular weight is 228 g/mol. The van der Waals surface area contributed by atoms with Crippen molar-refractivity contribution in [1.29, 1.82) is 0 Å². The highest BCUT2D eigenvalue weighted by molar-refractivity contribution is 5.78. The van der Waals surface area contributed by atoms with Gasteiger partial charge in [0.2, 0.25) is 5.91 Å². The fourth-order valence-corrected chi connectivity index (χ4v) is 2.22. The van der Waals surface area contributed by atoms with E-state index in [-0.39, 0.29) is 23.8 Å². The van der Waals surface area contributed by atoms with Crippen LogP contribution in [0, 0.1) is 11.8 Å². The third-order valence-electron chi connectivity index (χ3n) is 3.45. The average Bonchev–Trinajstić information content (AvgIpc) is 2.68. The van der Waals surface area contributed by atoms with Crippen LogP contribution in [0.5, 0.6) is 0 Å². The Kier molecular flexibility index (Phi) is 5.77. The maximum Gasteiger partial charge on any atom is 0.222 e. The van der Waals surface area contributed by atoms with Crippen LogP contribution in [0.15, 0.2) is 0 Å². The molecule has 0 aromatic rings. The van der Waals surface area contributed by atoms with Gasteiger partial charge in [0, 0.05) is 18.4 Å². The molecule has 4 heteroatoms. The number of aliphatic hydroxyl groups excluding tert-OH is 1. The second-order valence-corrected chi connectivity index (χ2v) is 4.84. The van der Waals surface area contributed by atoms with Crippen molar-refractivity contribution in [2.75, 3.05) is 13.1 Å². The summed E-state index contributed by atoms with van der Waals surface area (Å²) in [6.45, 7) is 3.18. The van der Waals surface area contributed by atoms with Gasteiger partial charge in [-0.1, -0.05) is 13.3 Å². The molecule has 0 aromatic heterocycles. The Morgan fingerprint density at radius 1 is 1.56 bits per heavy atom. The summed E-state index contributed by atoms with van der Waals surface area (Å²) in [4.78, 5) is 11.7. The molecule has 0 radical (unpaired) electrons. The number of hydrogen-bond acceptors (Lipinski definition) is 3. The highest BCUT2D eigenvalue weighted by Crippen LogP contribution is 2.24. The van der Waals surface area contributed by atoms with Crippen LogP contribution < -0.4 is 11.1 Å². The molecule has 3 atom stereocenters. The van der Waals surface area contributed by atoms with E-state index in [1.165, 1.54) is 0 Å². The van der Waals surface area contributed by atoms with Crippen LogP contribution in [0.1, 0.15) is 39.0 Å². The summed E-state index contributed by atoms with van der Waals surface area (Å²) in [5.41, 5.74) is 5.40. The van der Waals surface area contributed by atoms with Gasteiger partial charge < -0.3 is 16.2 Å². The summed E-state index contributed by atoms with van der Waals surface area (Å²) < 4.78 is 0. The predicted molar refractivity (Wildman–Crippen MR) is 63.8 cm³/mol. The van der Waals surface area contributed by atoms with Crippen LogP contribution in [0.3, 0.4) is 0 Å². The number of carbonyl (C=O) groups is 1. The second kappa shape index (κ2) is 6.86. The van der Waals surface area contributed by atoms with E-state index in [0.29, 0.717) is 13.1 Å². The van der Waals surface area contributed by atoms with Crippen LogP contribution in [0.25, 0.3) is 0 Å². The smallest absolute Gasteiger partial charge is 0.222 e. The van der Waals surface area contributed by atoms with Gasteiger partial charge in [-0.15, -0.1) is 0 Å². The molecule has 1 rings (SSSR count). The summed E-state index contributed by atoms with van der Waals surface area (Å²) in [7, 11) is 0. The molecule has 1 fully saturated rings. The second-order valence-electron chi connectivity index (χ2n) is 4.84. The third-order valence-corrected chi connectivity index (χ3v) is 3.45. The molecule has 0 heterocycles. The van der Waals surface area contributed by atoms with E-state index in [9.17, 15) is 9.90 Å². The van der Waals surface area contributed by atoms with E-state index in [1.54, 1.807) is 0 Å². The van der Waals surface area contributed by atoms with E-state index in [1.807, 2.05) is 6.92 Å². The minimum atomic E-state index is -0.223. The van der Waals surface area contributed by atoms with Crippen molar-refractivity contribution in [3.8, 4) is 0 Å². The van der Waals surface area contributed by atoms with E-state index in [2.05, 4.69) is 5.32 Å². The van der Waals surface area contributed by atoms with E-state index in [0.717, 1.165) is 32.1 Å². The normalized spacial score (nSPS) is 26.7. The molecular weight excluding hydrogens is 204 g/mol. The zero-order chi connectivity index (χ0) is 12.0. The molecule has 1 saturated carbocycles. The number of rotatable bonds is 6. The van der Waals surface area contributed by atoms with Crippen LogP contribution in [-0.2, 0) is 4.79 Å². The Hall–Kier alpha value is -0.610. The quantitative estimate of drug-likeness (QED) is 0.624. The summed E-state index contributed by atoms with van der Waals surface area (Å²) in [5.74, 6) is 0.375. The van der Waals surface area contributed by atoms with Gasteiger partial charge in [0.05, 0.1) is 6.10 Å². The maximum atomic E-state index is 11.7. The molecule has 1 aliphatic rings. The molecule has 0 saturated heterocycles. The van der Waals surface area contributed by atoms with Crippen molar-refractivity contribution in [3.05, 3.63) is 0 Å². The van der Waals surface area contributed by atoms with Gasteiger partial charge in [0.1, 0.15) is 0 Å². The van der Waals surface area contributed by atoms with Gasteiger partial charge in [0.15, 0.2) is 0 Å². The molecule has 1 aliphatic carbocycles. The maximum absolute atomic E-state index is 11.7. The summed E-state index contributed by atoms with van der Waals surface area (Å²) >= 11 is 0. The minimum absolute atomic E-state index is 0.0297. The molecule has 0 aliphatic heterocycles. The molecule has 94 valence electrons. The first-order chi connectivity index (χ1) is 7.65. The zero-order valence-electron chi connectivity index (χ0n) is 10.1. The zero-order valence-corrected chi connectivity index (χ0v) is 10.1. The Balaban J connectivity index is 2.18. The molecule has 16 heavy (non-hydrogen) atoms. The van der Waals surface area contributed by atoms with Crippen LogP contribution in [0.2, 0.25) is 0 Å². The fraction of sp³-hybridized carbons (Fsp3) is 0.917. The highest BCUT2D eigenvalue weighted by Gasteiger charge is 2.25. The van der Waals surface area contributed by atoms with E-state index in [4.69, 9.17) is 5.73 Å². The standard InChI is InChI=1S/C12H24N2O2/c1-9(4-3-7-13)12(16)14-8-10-5-2-6-11(10)15/h9-11,15H,2-8,13H2,1H3,(H,14,16). The van der Waals surface area contributed by atoms with Gasteiger partial charge in [0.25, 0.3) is 0 Å². The summed E-state index contributed by atoms with van der Waals surface area (Å²) in [5, 5.41) is 12.5. The number of aliphatic hydroxyl groups is 1. The van der Waals surface area contributed by atoms with Crippen molar-refractivity contribution in [1.82, 2.24) is 5.32 Å². The first kappa shape index (κ1) is 13.5. The molecule has 0 aromatic carbocycles. The topological polar surface area (TPSA) is 75.4 Å². The molecular formula is C12H24N2O2. The van der Waals surface area contributed by atoms with Gasteiger partial charge in [-0.2, -0.15) is 0 Å². The van der Waals surface area contributed by atoms with Crippen LogP contribution >= 0.6 is 0 Å². The van der Waals surface area contributed by atoms with Crippen molar-refractivity contribution >= 4 is 5.91 Å². The number of nitrogens with one attached hydrogen (secondary N) is 1. The van der Waals surface area contributed by atoms with Crippen molar-refractivity contribution in [2.24, 2.45) is 17.6 Å². The third kappa shape index (κ3) is 4.10. The lowest BCUT2D eigenvalue weighted by molar-refractivity contribution is -0.125. The van der Waals surface area contributed by atoms with Gasteiger partial charge >= 0.3 is 0 Å². The van der Waals surface area contributed by atoms with Crippen molar-refractivity contribution < 1.29 is 9.90 Å². The lowest BCUT2D eigenvalue weighted by atomic mass is 10.0. The lowest BCUT2D eigenvalue weighted by Gasteiger charge is -2.17. The van der Waals surface area contributed by atoms with E-state index >= 15 is 0 Å². The SMILES string of the molecule is CC(CCCN)C(=O)NCC1CCCC1O. The number of carbonyl (C=O) groups excluding carboxylic acids is 1. The van der Waals surface area contributed by atoms with E-state index < -0.39 is 0 Å². The van der Waals surface area contributed by atoms with Gasteiger partial charge in [-0.25, -0.2) is 0 Å². The Morgan fingerprint density at radius 2 is 2.31 bits per heavy atom. The fourth-order valence-electron chi connectivity index (χ4n) is 2.22. The molecule has 1 amide bonds. The van der Waals surface area contributed by atoms with Gasteiger partial charge in [-0.05, 0) is 32.2 Å². The van der Waals surface area contributed by atoms with Crippen LogP contribution in [0.4, 0.5) is 0 Å². The number of hydrogen-bond donors (Lipinski definition) is 3. The molecule has 0 bridgehead atoms. The lowest BCUT2D eigenvalue weighted by Crippen LogP contribution is -2.35. The predicted octanol–water partition coefficient (Wildman–Crippen LogP) is 0.639.